The van der Waals surface area contributed by atoms with Crippen molar-refractivity contribution in [3.8, 4) is 0 Å². The summed E-state index contributed by atoms with van der Waals surface area (Å²) in [5.74, 6) is 0.512. The molecular weight excluding hydrogens is 260 g/mol. The summed E-state index contributed by atoms with van der Waals surface area (Å²) in [5.41, 5.74) is 1.09. The highest BCUT2D eigenvalue weighted by molar-refractivity contribution is 7.89. The van der Waals surface area contributed by atoms with Gasteiger partial charge in [-0.1, -0.05) is 25.5 Å². The average molecular weight is 282 g/mol. The SMILES string of the molecule is CCC1CCN(S(=O)(=O)c2ccc(CNC)cc2)C1. The summed E-state index contributed by atoms with van der Waals surface area (Å²) >= 11 is 0. The Balaban J connectivity index is 2.15. The molecule has 0 spiro atoms. The fourth-order valence-electron chi connectivity index (χ4n) is 2.48. The van der Waals surface area contributed by atoms with E-state index < -0.39 is 10.0 Å². The van der Waals surface area contributed by atoms with E-state index in [1.165, 1.54) is 0 Å². The number of rotatable bonds is 5. The molecule has 1 saturated heterocycles. The lowest BCUT2D eigenvalue weighted by molar-refractivity contribution is 0.453. The quantitative estimate of drug-likeness (QED) is 0.896. The van der Waals surface area contributed by atoms with Crippen LogP contribution in [0.5, 0.6) is 0 Å². The van der Waals surface area contributed by atoms with Crippen LogP contribution in [0.25, 0.3) is 0 Å². The predicted molar refractivity (Wildman–Crippen MR) is 76.4 cm³/mol. The van der Waals surface area contributed by atoms with Crippen molar-refractivity contribution in [2.45, 2.75) is 31.2 Å². The van der Waals surface area contributed by atoms with Gasteiger partial charge in [-0.25, -0.2) is 8.42 Å². The Morgan fingerprint density at radius 3 is 2.53 bits per heavy atom. The summed E-state index contributed by atoms with van der Waals surface area (Å²) in [6.45, 7) is 4.19. The molecule has 2 rings (SSSR count). The van der Waals surface area contributed by atoms with Crippen molar-refractivity contribution in [2.75, 3.05) is 20.1 Å². The van der Waals surface area contributed by atoms with Crippen LogP contribution in [-0.2, 0) is 16.6 Å². The maximum Gasteiger partial charge on any atom is 0.243 e. The van der Waals surface area contributed by atoms with Crippen molar-refractivity contribution < 1.29 is 8.42 Å². The van der Waals surface area contributed by atoms with Crippen molar-refractivity contribution in [3.63, 3.8) is 0 Å². The molecule has 0 aromatic heterocycles. The molecule has 19 heavy (non-hydrogen) atoms. The van der Waals surface area contributed by atoms with Gasteiger partial charge in [0, 0.05) is 19.6 Å². The van der Waals surface area contributed by atoms with E-state index in [0.717, 1.165) is 24.9 Å². The molecular formula is C14H22N2O2S. The summed E-state index contributed by atoms with van der Waals surface area (Å²) < 4.78 is 26.6. The van der Waals surface area contributed by atoms with Gasteiger partial charge in [0.1, 0.15) is 0 Å². The predicted octanol–water partition coefficient (Wildman–Crippen LogP) is 1.83. The van der Waals surface area contributed by atoms with Crippen LogP contribution < -0.4 is 5.32 Å². The van der Waals surface area contributed by atoms with Gasteiger partial charge in [-0.2, -0.15) is 4.31 Å². The minimum absolute atomic E-state index is 0.407. The molecule has 1 aliphatic heterocycles. The van der Waals surface area contributed by atoms with Gasteiger partial charge in [-0.3, -0.25) is 0 Å². The number of hydrogen-bond donors (Lipinski definition) is 1. The van der Waals surface area contributed by atoms with Crippen LogP contribution in [0.15, 0.2) is 29.2 Å². The molecule has 4 nitrogen and oxygen atoms in total. The normalized spacial score (nSPS) is 20.8. The second kappa shape index (κ2) is 6.03. The third kappa shape index (κ3) is 3.16. The fourth-order valence-corrected chi connectivity index (χ4v) is 4.01. The maximum absolute atomic E-state index is 12.5. The molecule has 106 valence electrons. The van der Waals surface area contributed by atoms with E-state index in [-0.39, 0.29) is 0 Å². The lowest BCUT2D eigenvalue weighted by Gasteiger charge is -2.16. The molecule has 1 unspecified atom stereocenters. The van der Waals surface area contributed by atoms with E-state index >= 15 is 0 Å². The summed E-state index contributed by atoms with van der Waals surface area (Å²) in [4.78, 5) is 0.407. The highest BCUT2D eigenvalue weighted by Crippen LogP contribution is 2.26. The molecule has 0 radical (unpaired) electrons. The summed E-state index contributed by atoms with van der Waals surface area (Å²) in [6, 6.07) is 7.16. The molecule has 1 aliphatic rings. The third-order valence-electron chi connectivity index (χ3n) is 3.77. The molecule has 1 N–H and O–H groups in total. The van der Waals surface area contributed by atoms with Gasteiger partial charge in [0.15, 0.2) is 0 Å². The first kappa shape index (κ1) is 14.5. The van der Waals surface area contributed by atoms with Gasteiger partial charge < -0.3 is 5.32 Å². The van der Waals surface area contributed by atoms with Crippen LogP contribution in [0.1, 0.15) is 25.3 Å². The first-order valence-electron chi connectivity index (χ1n) is 6.81. The molecule has 1 aromatic rings. The average Bonchev–Trinajstić information content (AvgIpc) is 2.89. The van der Waals surface area contributed by atoms with Crippen LogP contribution >= 0.6 is 0 Å². The van der Waals surface area contributed by atoms with Crippen molar-refractivity contribution in [2.24, 2.45) is 5.92 Å². The molecule has 0 bridgehead atoms. The van der Waals surface area contributed by atoms with Crippen molar-refractivity contribution in [3.05, 3.63) is 29.8 Å². The van der Waals surface area contributed by atoms with Gasteiger partial charge in [-0.05, 0) is 37.1 Å². The lowest BCUT2D eigenvalue weighted by Crippen LogP contribution is -2.28. The second-order valence-electron chi connectivity index (χ2n) is 5.10. The largest absolute Gasteiger partial charge is 0.316 e. The van der Waals surface area contributed by atoms with E-state index in [0.29, 0.717) is 23.9 Å². The van der Waals surface area contributed by atoms with Crippen LogP contribution in [0.2, 0.25) is 0 Å². The number of nitrogens with one attached hydrogen (secondary N) is 1. The van der Waals surface area contributed by atoms with E-state index in [4.69, 9.17) is 0 Å². The molecule has 5 heteroatoms. The Bertz CT molecular complexity index is 511. The summed E-state index contributed by atoms with van der Waals surface area (Å²) in [7, 11) is -1.43. The topological polar surface area (TPSA) is 49.4 Å². The van der Waals surface area contributed by atoms with Crippen LogP contribution in [0, 0.1) is 5.92 Å². The standard InChI is InChI=1S/C14H22N2O2S/c1-3-12-8-9-16(11-12)19(17,18)14-6-4-13(5-7-14)10-15-2/h4-7,12,15H,3,8-11H2,1-2H3. The van der Waals surface area contributed by atoms with E-state index in [9.17, 15) is 8.42 Å². The van der Waals surface area contributed by atoms with Crippen LogP contribution in [-0.4, -0.2) is 32.9 Å². The number of sulfonamides is 1. The summed E-state index contributed by atoms with van der Waals surface area (Å²) in [5, 5.41) is 3.05. The smallest absolute Gasteiger partial charge is 0.243 e. The number of benzene rings is 1. The van der Waals surface area contributed by atoms with Gasteiger partial charge >= 0.3 is 0 Å². The first-order valence-corrected chi connectivity index (χ1v) is 8.25. The van der Waals surface area contributed by atoms with Gasteiger partial charge in [0.05, 0.1) is 4.90 Å². The minimum Gasteiger partial charge on any atom is -0.316 e. The minimum atomic E-state index is -3.30. The fraction of sp³-hybridized carbons (Fsp3) is 0.571. The second-order valence-corrected chi connectivity index (χ2v) is 7.04. The van der Waals surface area contributed by atoms with Crippen LogP contribution in [0.3, 0.4) is 0 Å². The van der Waals surface area contributed by atoms with Crippen molar-refractivity contribution >= 4 is 10.0 Å². The van der Waals surface area contributed by atoms with Crippen LogP contribution in [0.4, 0.5) is 0 Å². The molecule has 0 amide bonds. The Labute approximate surface area is 115 Å². The molecule has 0 saturated carbocycles. The van der Waals surface area contributed by atoms with E-state index in [1.807, 2.05) is 19.2 Å². The molecule has 1 heterocycles. The molecule has 1 fully saturated rings. The number of nitrogens with zero attached hydrogens (tertiary/aromatic N) is 1. The molecule has 1 atom stereocenters. The van der Waals surface area contributed by atoms with Gasteiger partial charge in [-0.15, -0.1) is 0 Å². The molecule has 0 aliphatic carbocycles. The maximum atomic E-state index is 12.5. The monoisotopic (exact) mass is 282 g/mol. The first-order chi connectivity index (χ1) is 9.07. The highest BCUT2D eigenvalue weighted by Gasteiger charge is 2.31. The zero-order valence-electron chi connectivity index (χ0n) is 11.6. The Hall–Kier alpha value is -0.910. The van der Waals surface area contributed by atoms with Crippen molar-refractivity contribution in [1.29, 1.82) is 0 Å². The van der Waals surface area contributed by atoms with Gasteiger partial charge in [0.2, 0.25) is 10.0 Å². The van der Waals surface area contributed by atoms with E-state index in [1.54, 1.807) is 16.4 Å². The van der Waals surface area contributed by atoms with E-state index in [2.05, 4.69) is 12.2 Å². The molecule has 1 aromatic carbocycles. The third-order valence-corrected chi connectivity index (χ3v) is 5.65. The van der Waals surface area contributed by atoms with Gasteiger partial charge in [0.25, 0.3) is 0 Å². The Kier molecular flexibility index (Phi) is 4.60. The zero-order valence-corrected chi connectivity index (χ0v) is 12.4. The lowest BCUT2D eigenvalue weighted by atomic mass is 10.1. The summed E-state index contributed by atoms with van der Waals surface area (Å²) in [6.07, 6.45) is 2.03. The highest BCUT2D eigenvalue weighted by atomic mass is 32.2. The number of hydrogen-bond acceptors (Lipinski definition) is 3. The Morgan fingerprint density at radius 1 is 1.32 bits per heavy atom. The van der Waals surface area contributed by atoms with Crippen molar-refractivity contribution in [1.82, 2.24) is 9.62 Å². The Morgan fingerprint density at radius 2 is 2.00 bits per heavy atom. The zero-order chi connectivity index (χ0) is 13.9.